The Morgan fingerprint density at radius 2 is 0.898 bits per heavy atom. The smallest absolute Gasteiger partial charge is 0.136 e. The lowest BCUT2D eigenvalue weighted by Crippen LogP contribution is -1.90. The minimum Gasteiger partial charge on any atom is -0.456 e. The topological polar surface area (TPSA) is 13.1 Å². The second-order valence-corrected chi connectivity index (χ2v) is 12.5. The zero-order valence-electron chi connectivity index (χ0n) is 30.4. The van der Waals surface area contributed by atoms with E-state index < -0.39 is 0 Å². The summed E-state index contributed by atoms with van der Waals surface area (Å²) in [4.78, 5) is 0. The summed E-state index contributed by atoms with van der Waals surface area (Å²) < 4.78 is 44.3. The first kappa shape index (κ1) is 23.8. The molecule has 0 atom stereocenters. The van der Waals surface area contributed by atoms with E-state index in [9.17, 15) is 5.48 Å². The highest BCUT2D eigenvalue weighted by atomic mass is 16.3. The molecular formula is C48H30O. The van der Waals surface area contributed by atoms with Crippen molar-refractivity contribution in [2.24, 2.45) is 0 Å². The van der Waals surface area contributed by atoms with Gasteiger partial charge in [-0.15, -0.1) is 0 Å². The Morgan fingerprint density at radius 1 is 0.347 bits per heavy atom. The summed E-state index contributed by atoms with van der Waals surface area (Å²) in [5.41, 5.74) is 7.58. The molecule has 0 saturated carbocycles. The normalized spacial score (nSPS) is 12.8. The predicted molar refractivity (Wildman–Crippen MR) is 208 cm³/mol. The van der Waals surface area contributed by atoms with Crippen molar-refractivity contribution < 1.29 is 9.90 Å². The van der Waals surface area contributed by atoms with Gasteiger partial charge in [-0.3, -0.25) is 0 Å². The zero-order chi connectivity index (χ0) is 35.8. The van der Waals surface area contributed by atoms with E-state index in [-0.39, 0.29) is 29.7 Å². The molecule has 0 aliphatic rings. The third-order valence-electron chi connectivity index (χ3n) is 9.73. The summed E-state index contributed by atoms with van der Waals surface area (Å²) in [6.45, 7) is 0. The molecule has 0 saturated heterocycles. The fourth-order valence-electron chi connectivity index (χ4n) is 7.56. The van der Waals surface area contributed by atoms with Crippen LogP contribution in [0.1, 0.15) is 5.48 Å². The van der Waals surface area contributed by atoms with Crippen LogP contribution in [0.4, 0.5) is 0 Å². The molecule has 0 N–H and O–H groups in total. The fraction of sp³-hybridized carbons (Fsp3) is 0. The van der Waals surface area contributed by atoms with Crippen LogP contribution in [0.25, 0.3) is 98.8 Å². The Kier molecular flexibility index (Phi) is 5.38. The number of hydrogen-bond acceptors (Lipinski definition) is 1. The van der Waals surface area contributed by atoms with Crippen molar-refractivity contribution in [3.05, 3.63) is 182 Å². The van der Waals surface area contributed by atoms with E-state index in [1.807, 2.05) is 97.1 Å². The maximum absolute atomic E-state index is 9.51. The van der Waals surface area contributed by atoms with E-state index >= 15 is 0 Å². The summed E-state index contributed by atoms with van der Waals surface area (Å²) in [5, 5.41) is 7.84. The van der Waals surface area contributed by atoms with E-state index in [0.717, 1.165) is 70.9 Å². The molecule has 228 valence electrons. The monoisotopic (exact) mass is 626 g/mol. The van der Waals surface area contributed by atoms with Crippen LogP contribution in [0.2, 0.25) is 0 Å². The highest BCUT2D eigenvalue weighted by Gasteiger charge is 2.18. The number of benzene rings is 9. The number of fused-ring (bicyclic) bond motifs is 6. The lowest BCUT2D eigenvalue weighted by molar-refractivity contribution is 0.669. The average molecular weight is 627 g/mol. The summed E-state index contributed by atoms with van der Waals surface area (Å²) in [6, 6.07) is 52.5. The molecule has 9 aromatic carbocycles. The van der Waals surface area contributed by atoms with Crippen molar-refractivity contribution in [1.29, 1.82) is 0 Å². The number of furan rings is 1. The molecular weight excluding hydrogens is 593 g/mol. The van der Waals surface area contributed by atoms with Crippen LogP contribution in [0.3, 0.4) is 0 Å². The van der Waals surface area contributed by atoms with E-state index in [1.54, 1.807) is 0 Å². The maximum atomic E-state index is 9.51. The molecule has 49 heavy (non-hydrogen) atoms. The molecule has 0 amide bonds. The third-order valence-corrected chi connectivity index (χ3v) is 9.73. The molecule has 0 radical (unpaired) electrons. The van der Waals surface area contributed by atoms with Gasteiger partial charge in [-0.05, 0) is 95.0 Å². The molecule has 1 heterocycles. The second-order valence-electron chi connectivity index (χ2n) is 12.5. The van der Waals surface area contributed by atoms with E-state index in [4.69, 9.17) is 4.42 Å². The molecule has 0 fully saturated rings. The van der Waals surface area contributed by atoms with Gasteiger partial charge in [0.05, 0.1) is 5.48 Å². The minimum absolute atomic E-state index is 0.0719. The van der Waals surface area contributed by atoms with Crippen LogP contribution >= 0.6 is 0 Å². The first-order valence-corrected chi connectivity index (χ1v) is 16.5. The molecule has 0 bridgehead atoms. The minimum atomic E-state index is -0.0808. The molecule has 0 aliphatic carbocycles. The van der Waals surface area contributed by atoms with Crippen LogP contribution in [0, 0.1) is 0 Å². The van der Waals surface area contributed by atoms with Crippen molar-refractivity contribution in [3.63, 3.8) is 0 Å². The van der Waals surface area contributed by atoms with Gasteiger partial charge in [0.2, 0.25) is 0 Å². The summed E-state index contributed by atoms with van der Waals surface area (Å²) in [5.74, 6) is 0. The van der Waals surface area contributed by atoms with Crippen LogP contribution in [0.15, 0.2) is 186 Å². The maximum Gasteiger partial charge on any atom is 0.136 e. The predicted octanol–water partition coefficient (Wildman–Crippen LogP) is 13.7. The van der Waals surface area contributed by atoms with Gasteiger partial charge >= 0.3 is 0 Å². The van der Waals surface area contributed by atoms with Crippen LogP contribution in [-0.2, 0) is 0 Å². The molecule has 10 aromatic rings. The Labute approximate surface area is 289 Å². The van der Waals surface area contributed by atoms with Crippen molar-refractivity contribution in [2.45, 2.75) is 0 Å². The first-order valence-electron chi connectivity index (χ1n) is 18.5. The molecule has 1 aromatic heterocycles. The average Bonchev–Trinajstić information content (AvgIpc) is 3.58. The van der Waals surface area contributed by atoms with Gasteiger partial charge in [0, 0.05) is 10.8 Å². The first-order chi connectivity index (χ1) is 26.0. The van der Waals surface area contributed by atoms with Crippen LogP contribution < -0.4 is 0 Å². The second kappa shape index (κ2) is 11.1. The Morgan fingerprint density at radius 3 is 1.61 bits per heavy atom. The fourth-order valence-corrected chi connectivity index (χ4v) is 7.56. The molecule has 0 unspecified atom stereocenters. The van der Waals surface area contributed by atoms with Gasteiger partial charge in [-0.1, -0.05) is 164 Å². The Hall–Kier alpha value is -6.44. The zero-order valence-corrected chi connectivity index (χ0v) is 26.4. The molecule has 10 rings (SSSR count). The molecule has 1 nitrogen and oxygen atoms in total. The molecule has 0 aliphatic heterocycles. The number of hydrogen-bond donors (Lipinski definition) is 0. The van der Waals surface area contributed by atoms with E-state index in [2.05, 4.69) is 60.7 Å². The van der Waals surface area contributed by atoms with Gasteiger partial charge in [0.1, 0.15) is 11.2 Å². The van der Waals surface area contributed by atoms with Gasteiger partial charge in [0.25, 0.3) is 0 Å². The SMILES string of the molecule is [2H]c1c([2H])c(-c2c3ccccc3c(-c3ccccc3)c3ccccc23)c([2H])c([2H])c1-c1ccc2oc3cccc(-c4cccc5ccccc45)c3c2c1. The van der Waals surface area contributed by atoms with Crippen molar-refractivity contribution in [3.8, 4) is 44.5 Å². The summed E-state index contributed by atoms with van der Waals surface area (Å²) in [6.07, 6.45) is 0. The van der Waals surface area contributed by atoms with Crippen molar-refractivity contribution in [2.75, 3.05) is 0 Å². The Balaban J connectivity index is 1.21. The molecule has 0 spiro atoms. The summed E-state index contributed by atoms with van der Waals surface area (Å²) in [7, 11) is 0. The van der Waals surface area contributed by atoms with Gasteiger partial charge in [0.15, 0.2) is 0 Å². The van der Waals surface area contributed by atoms with Crippen LogP contribution in [0.5, 0.6) is 0 Å². The Bertz CT molecular complexity index is 3020. The van der Waals surface area contributed by atoms with E-state index in [0.29, 0.717) is 22.3 Å². The van der Waals surface area contributed by atoms with Gasteiger partial charge in [-0.2, -0.15) is 0 Å². The third kappa shape index (κ3) is 4.40. The molecule has 1 heteroatoms. The lowest BCUT2D eigenvalue weighted by atomic mass is 9.85. The van der Waals surface area contributed by atoms with Gasteiger partial charge < -0.3 is 4.42 Å². The highest BCUT2D eigenvalue weighted by molar-refractivity contribution is 6.21. The van der Waals surface area contributed by atoms with Crippen molar-refractivity contribution >= 4 is 54.3 Å². The van der Waals surface area contributed by atoms with E-state index in [1.165, 1.54) is 0 Å². The van der Waals surface area contributed by atoms with Crippen molar-refractivity contribution in [1.82, 2.24) is 0 Å². The number of rotatable bonds is 4. The highest BCUT2D eigenvalue weighted by Crippen LogP contribution is 2.44. The summed E-state index contributed by atoms with van der Waals surface area (Å²) >= 11 is 0. The standard InChI is InChI=1S/C48H30O/c1-2-13-33(14-3-1)46-39-17-6-8-19-41(39)47(42-20-9-7-18-40(42)46)34-26-24-31(25-27-34)35-28-29-44-43(30-35)48-38(22-11-23-45(48)49-44)37-21-10-15-32-12-4-5-16-36(32)37/h1-30H/i24D,25D,26D,27D. The van der Waals surface area contributed by atoms with Gasteiger partial charge in [-0.25, -0.2) is 0 Å². The lowest BCUT2D eigenvalue weighted by Gasteiger charge is -2.18. The quantitative estimate of drug-likeness (QED) is 0.177. The van der Waals surface area contributed by atoms with Crippen LogP contribution in [-0.4, -0.2) is 0 Å². The largest absolute Gasteiger partial charge is 0.456 e.